The van der Waals surface area contributed by atoms with Gasteiger partial charge < -0.3 is 74.8 Å². The summed E-state index contributed by atoms with van der Waals surface area (Å²) in [6.07, 6.45) is -7.19. The van der Waals surface area contributed by atoms with Gasteiger partial charge in [-0.15, -0.1) is 23.5 Å². The van der Waals surface area contributed by atoms with Gasteiger partial charge in [0.1, 0.15) is 59.7 Å². The summed E-state index contributed by atoms with van der Waals surface area (Å²) in [5.41, 5.74) is 8.66. The lowest BCUT2D eigenvalue weighted by Crippen LogP contribution is -2.57. The van der Waals surface area contributed by atoms with Crippen molar-refractivity contribution in [1.29, 1.82) is 0 Å². The quantitative estimate of drug-likeness (QED) is 0.0573. The van der Waals surface area contributed by atoms with Crippen molar-refractivity contribution in [2.24, 2.45) is 0 Å². The van der Waals surface area contributed by atoms with E-state index < -0.39 is 84.8 Å². The number of nitrogens with zero attached hydrogens (tertiary/aromatic N) is 4. The van der Waals surface area contributed by atoms with E-state index in [1.807, 2.05) is 39.0 Å². The van der Waals surface area contributed by atoms with Crippen molar-refractivity contribution >= 4 is 74.5 Å². The van der Waals surface area contributed by atoms with Crippen molar-refractivity contribution in [3.05, 3.63) is 81.4 Å². The second kappa shape index (κ2) is 26.1. The number of thioether (sulfide) groups is 2. The lowest BCUT2D eigenvalue weighted by atomic mass is 9.84. The summed E-state index contributed by atoms with van der Waals surface area (Å²) < 4.78 is 16.7. The predicted molar refractivity (Wildman–Crippen MR) is 295 cm³/mol. The van der Waals surface area contributed by atoms with Crippen molar-refractivity contribution in [3.8, 4) is 0 Å². The highest BCUT2D eigenvalue weighted by Crippen LogP contribution is 2.44. The van der Waals surface area contributed by atoms with Gasteiger partial charge in [0.05, 0.1) is 54.9 Å². The highest BCUT2D eigenvalue weighted by Gasteiger charge is 2.45. The van der Waals surface area contributed by atoms with Crippen LogP contribution in [0, 0.1) is 13.8 Å². The number of hydrogen-bond acceptors (Lipinski definition) is 18. The minimum atomic E-state index is -1.51. The van der Waals surface area contributed by atoms with E-state index in [2.05, 4.69) is 30.4 Å². The van der Waals surface area contributed by atoms with E-state index in [9.17, 15) is 50.4 Å². The molecule has 0 aliphatic carbocycles. The third-order valence-electron chi connectivity index (χ3n) is 15.5. The maximum absolute atomic E-state index is 15.1. The number of carbonyl (C=O) groups is 3. The Morgan fingerprint density at radius 3 is 1.91 bits per heavy atom. The number of aromatic amines is 2. The average molecular weight is 1110 g/mol. The summed E-state index contributed by atoms with van der Waals surface area (Å²) in [5, 5.41) is 81.5. The Bertz CT molecular complexity index is 2850. The monoisotopic (exact) mass is 1110 g/mol. The number of rotatable bonds is 20. The molecule has 2 amide bonds. The van der Waals surface area contributed by atoms with Gasteiger partial charge in [0.2, 0.25) is 5.91 Å². The second-order valence-corrected chi connectivity index (χ2v) is 22.8. The van der Waals surface area contributed by atoms with Crippen molar-refractivity contribution in [2.45, 2.75) is 145 Å². The van der Waals surface area contributed by atoms with Gasteiger partial charge in [0, 0.05) is 78.8 Å². The Morgan fingerprint density at radius 1 is 0.766 bits per heavy atom. The number of aromatic nitrogens is 4. The number of amides is 2. The Labute approximate surface area is 457 Å². The fourth-order valence-electron chi connectivity index (χ4n) is 10.6. The molecule has 8 bridgehead atoms. The Hall–Kier alpha value is -4.69. The van der Waals surface area contributed by atoms with Gasteiger partial charge >= 0.3 is 5.97 Å². The van der Waals surface area contributed by atoms with Gasteiger partial charge in [-0.2, -0.15) is 0 Å². The van der Waals surface area contributed by atoms with Crippen LogP contribution < -0.4 is 0 Å². The molecule has 12 atom stereocenters. The van der Waals surface area contributed by atoms with E-state index in [4.69, 9.17) is 24.2 Å². The Balaban J connectivity index is 1.28. The van der Waals surface area contributed by atoms with Crippen molar-refractivity contribution in [3.63, 3.8) is 0 Å². The number of fused-ring (bicyclic) bond motifs is 8. The van der Waals surface area contributed by atoms with Crippen LogP contribution in [0.5, 0.6) is 0 Å². The van der Waals surface area contributed by atoms with E-state index in [1.165, 1.54) is 30.6 Å². The molecule has 422 valence electrons. The highest BCUT2D eigenvalue weighted by molar-refractivity contribution is 8.00. The fourth-order valence-corrected chi connectivity index (χ4v) is 12.8. The first-order valence-corrected chi connectivity index (χ1v) is 28.3. The number of allylic oxidation sites excluding steroid dienone is 3. The number of aliphatic hydroxyl groups is 8. The van der Waals surface area contributed by atoms with Crippen molar-refractivity contribution < 1.29 is 69.4 Å². The Morgan fingerprint density at radius 2 is 1.35 bits per heavy atom. The molecule has 7 rings (SSSR count). The highest BCUT2D eigenvalue weighted by atomic mass is 32.2. The number of H-pyrrole nitrogens is 2. The van der Waals surface area contributed by atoms with Gasteiger partial charge in [0.15, 0.2) is 0 Å². The first-order chi connectivity index (χ1) is 36.7. The molecule has 0 aromatic carbocycles. The largest absolute Gasteiger partial charge is 0.469 e. The zero-order chi connectivity index (χ0) is 56.2. The smallest absolute Gasteiger partial charge is 0.310 e. The molecule has 22 heteroatoms. The number of carbonyl (C=O) groups excluding carboxylic acids is 3. The zero-order valence-corrected chi connectivity index (χ0v) is 46.7. The lowest BCUT2D eigenvalue weighted by molar-refractivity contribution is -0.205. The Kier molecular flexibility index (Phi) is 20.3. The predicted octanol–water partition coefficient (Wildman–Crippen LogP) is 3.37. The summed E-state index contributed by atoms with van der Waals surface area (Å²) in [6.45, 7) is 13.7. The van der Waals surface area contributed by atoms with E-state index in [1.54, 1.807) is 30.0 Å². The van der Waals surface area contributed by atoms with Crippen LogP contribution in [-0.2, 0) is 36.6 Å². The molecule has 3 aromatic rings. The van der Waals surface area contributed by atoms with Gasteiger partial charge in [-0.3, -0.25) is 19.4 Å². The second-order valence-electron chi connectivity index (χ2n) is 20.4. The number of ether oxygens (including phenoxy) is 3. The molecular weight excluding hydrogens is 1030 g/mol. The molecule has 1 unspecified atom stereocenters. The summed E-state index contributed by atoms with van der Waals surface area (Å²) in [6, 6.07) is 5.93. The molecule has 4 aliphatic rings. The summed E-state index contributed by atoms with van der Waals surface area (Å²) in [7, 11) is 4.68. The molecule has 77 heavy (non-hydrogen) atoms. The minimum Gasteiger partial charge on any atom is -0.469 e. The molecule has 10 N–H and O–H groups in total. The number of aliphatic hydroxyl groups excluding tert-OH is 8. The molecule has 7 heterocycles. The number of nitrogens with one attached hydrogen (secondary N) is 2. The van der Waals surface area contributed by atoms with Crippen LogP contribution in [-0.4, -0.2) is 207 Å². The first kappa shape index (κ1) is 60.0. The molecule has 0 spiro atoms. The fraction of sp³-hybridized carbons (Fsp3) is 0.582. The minimum absolute atomic E-state index is 0.100. The van der Waals surface area contributed by atoms with E-state index in [0.29, 0.717) is 88.5 Å². The van der Waals surface area contributed by atoms with Crippen LogP contribution in [0.15, 0.2) is 30.9 Å². The van der Waals surface area contributed by atoms with Crippen LogP contribution in [0.2, 0.25) is 0 Å². The van der Waals surface area contributed by atoms with E-state index in [-0.39, 0.29) is 37.1 Å². The topological polar surface area (TPSA) is 305 Å². The maximum Gasteiger partial charge on any atom is 0.310 e. The van der Waals surface area contributed by atoms with Crippen molar-refractivity contribution in [2.75, 3.05) is 59.0 Å². The van der Waals surface area contributed by atoms with E-state index in [0.717, 1.165) is 39.0 Å². The molecule has 20 nitrogen and oxygen atoms in total. The summed E-state index contributed by atoms with van der Waals surface area (Å²) in [5.74, 6) is -0.983. The van der Waals surface area contributed by atoms with Gasteiger partial charge in [-0.05, 0) is 98.4 Å². The lowest BCUT2D eigenvalue weighted by Gasteiger charge is -2.39. The molecule has 3 aromatic heterocycles. The summed E-state index contributed by atoms with van der Waals surface area (Å²) in [4.78, 5) is 63.8. The maximum atomic E-state index is 15.1. The number of esters is 1. The molecule has 2 saturated heterocycles. The summed E-state index contributed by atoms with van der Waals surface area (Å²) >= 11 is 2.42. The zero-order valence-electron chi connectivity index (χ0n) is 45.1. The van der Waals surface area contributed by atoms with Crippen LogP contribution in [0.25, 0.3) is 33.2 Å². The van der Waals surface area contributed by atoms with Crippen LogP contribution in [0.4, 0.5) is 0 Å². The molecule has 2 fully saturated rings. The van der Waals surface area contributed by atoms with Crippen molar-refractivity contribution in [1.82, 2.24) is 29.7 Å². The third-order valence-corrected chi connectivity index (χ3v) is 18.0. The SMILES string of the molecule is C=CC1=C(C)c2cc3nc(c(CC(=O)OC)c4[nH]c(cc5[nH]c(cc1n2)c(C)c5CC)c(C)c4C(=O)N(C)CCCS[C@@H]1O[C@H](CO)[C@@H](O)C(O)[C@H]1O)[C@@H](CCC(=O)N(C)CCCS[C@@H]1O[C@H](CO)[C@@H](O)[C@H](O)[C@H]1O)[C@@H]3C. The first-order valence-electron chi connectivity index (χ1n) is 26.2. The molecule has 4 aliphatic heterocycles. The number of methoxy groups -OCH3 is 1. The number of hydrogen-bond donors (Lipinski definition) is 10. The number of aryl methyl sites for hydroxylation is 3. The van der Waals surface area contributed by atoms with Gasteiger partial charge in [-0.25, -0.2) is 4.98 Å². The normalized spacial score (nSPS) is 26.4. The average Bonchev–Trinajstić information content (AvgIpc) is 4.15. The molecular formula is C55H76N6O14S2. The standard InChI is InChI=1S/C55H76N6O14S2/c1-10-30-26(3)34-21-36-28(5)32(14-15-42(64)60(7)16-12-18-76-54-51(70)49(68)47(66)40(24-62)74-54)45(58-36)33(20-43(65)73-9)46-44(29(6)37(59-46)23-39-31(11-2)27(4)35(57-39)22-38(30)56-34)53(72)61(8)17-13-19-77-55-52(71)50(69)48(67)41(25-63)75-55/h10,21-23,28,32,40-41,47-52,54-55,57,59,62-63,66-71H,1,11-20,24-25H2,2-9H3/t28-,32-,40+,41+,47+,48+,49-,50?,51+,52+,54-,55-/m0/s1. The van der Waals surface area contributed by atoms with E-state index >= 15 is 4.79 Å². The molecule has 0 saturated carbocycles. The van der Waals surface area contributed by atoms with Gasteiger partial charge in [0.25, 0.3) is 5.91 Å². The van der Waals surface area contributed by atoms with Gasteiger partial charge in [-0.1, -0.05) is 26.5 Å². The van der Waals surface area contributed by atoms with Crippen LogP contribution >= 0.6 is 23.5 Å². The van der Waals surface area contributed by atoms with Crippen LogP contribution in [0.3, 0.4) is 0 Å². The molecule has 0 radical (unpaired) electrons. The third kappa shape index (κ3) is 12.7. The van der Waals surface area contributed by atoms with Crippen LogP contribution in [0.1, 0.15) is 114 Å².